The fraction of sp³-hybridized carbons (Fsp3) is 0.250. The smallest absolute Gasteiger partial charge is 0.126 e. The molecule has 2 atom stereocenters. The Morgan fingerprint density at radius 3 is 2.80 bits per heavy atom. The molecule has 0 amide bonds. The van der Waals surface area contributed by atoms with E-state index in [2.05, 4.69) is 11.5 Å². The minimum Gasteiger partial charge on any atom is -0.488 e. The van der Waals surface area contributed by atoms with Crippen molar-refractivity contribution in [3.8, 4) is 5.75 Å². The van der Waals surface area contributed by atoms with Crippen LogP contribution in [0.1, 0.15) is 22.7 Å². The lowest BCUT2D eigenvalue weighted by molar-refractivity contribution is 0.179. The van der Waals surface area contributed by atoms with Crippen LogP contribution in [0, 0.1) is 12.7 Å². The van der Waals surface area contributed by atoms with E-state index >= 15 is 0 Å². The van der Waals surface area contributed by atoms with Crippen molar-refractivity contribution in [2.24, 2.45) is 5.84 Å². The number of aryl methyl sites for hydroxylation is 1. The van der Waals surface area contributed by atoms with E-state index in [0.29, 0.717) is 5.56 Å². The lowest BCUT2D eigenvalue weighted by Gasteiger charge is -2.23. The number of benzene rings is 2. The molecule has 3 N–H and O–H groups in total. The molecule has 1 aliphatic heterocycles. The maximum Gasteiger partial charge on any atom is 0.126 e. The summed E-state index contributed by atoms with van der Waals surface area (Å²) in [4.78, 5) is 0. The third kappa shape index (κ3) is 2.28. The van der Waals surface area contributed by atoms with Crippen LogP contribution in [0.5, 0.6) is 5.75 Å². The summed E-state index contributed by atoms with van der Waals surface area (Å²) >= 11 is 0. The number of ether oxygens (including phenoxy) is 1. The summed E-state index contributed by atoms with van der Waals surface area (Å²) in [6.45, 7) is 1.75. The highest BCUT2D eigenvalue weighted by Crippen LogP contribution is 2.34. The van der Waals surface area contributed by atoms with Crippen LogP contribution < -0.4 is 16.0 Å². The minimum atomic E-state index is -0.208. The van der Waals surface area contributed by atoms with Crippen LogP contribution >= 0.6 is 0 Å². The monoisotopic (exact) mass is 272 g/mol. The van der Waals surface area contributed by atoms with Crippen LogP contribution in [0.2, 0.25) is 0 Å². The predicted molar refractivity (Wildman–Crippen MR) is 75.8 cm³/mol. The number of para-hydroxylation sites is 1. The number of rotatable bonds is 3. The first kappa shape index (κ1) is 13.1. The predicted octanol–water partition coefficient (Wildman–Crippen LogP) is 2.64. The Morgan fingerprint density at radius 1 is 1.30 bits per heavy atom. The molecule has 1 aliphatic rings. The number of halogens is 1. The van der Waals surface area contributed by atoms with Crippen LogP contribution in [0.4, 0.5) is 4.39 Å². The molecule has 2 unspecified atom stereocenters. The topological polar surface area (TPSA) is 47.3 Å². The molecule has 20 heavy (non-hydrogen) atoms. The molecule has 3 rings (SSSR count). The SMILES string of the molecule is Cc1cc(C(NN)C2Cc3ccccc3O2)ccc1F. The highest BCUT2D eigenvalue weighted by atomic mass is 19.1. The van der Waals surface area contributed by atoms with Gasteiger partial charge in [0, 0.05) is 6.42 Å². The third-order valence-electron chi connectivity index (χ3n) is 3.76. The number of fused-ring (bicyclic) bond motifs is 1. The Morgan fingerprint density at radius 2 is 2.10 bits per heavy atom. The second-order valence-corrected chi connectivity index (χ2v) is 5.12. The van der Waals surface area contributed by atoms with Gasteiger partial charge in [-0.1, -0.05) is 30.3 Å². The zero-order valence-electron chi connectivity index (χ0n) is 11.3. The molecule has 0 radical (unpaired) electrons. The summed E-state index contributed by atoms with van der Waals surface area (Å²) in [6, 6.07) is 12.8. The number of nitrogens with two attached hydrogens (primary N) is 1. The van der Waals surface area contributed by atoms with E-state index < -0.39 is 0 Å². The van der Waals surface area contributed by atoms with Crippen molar-refractivity contribution < 1.29 is 9.13 Å². The molecule has 3 nitrogen and oxygen atoms in total. The van der Waals surface area contributed by atoms with Gasteiger partial charge < -0.3 is 4.74 Å². The van der Waals surface area contributed by atoms with Gasteiger partial charge in [0.1, 0.15) is 17.7 Å². The zero-order chi connectivity index (χ0) is 14.1. The van der Waals surface area contributed by atoms with E-state index in [4.69, 9.17) is 10.6 Å². The molecular formula is C16H17FN2O. The zero-order valence-corrected chi connectivity index (χ0v) is 11.3. The Kier molecular flexibility index (Phi) is 3.42. The lowest BCUT2D eigenvalue weighted by atomic mass is 9.97. The largest absolute Gasteiger partial charge is 0.488 e. The van der Waals surface area contributed by atoms with Crippen molar-refractivity contribution >= 4 is 0 Å². The minimum absolute atomic E-state index is 0.0812. The summed E-state index contributed by atoms with van der Waals surface area (Å²) in [5, 5.41) is 0. The Labute approximate surface area is 117 Å². The fourth-order valence-electron chi connectivity index (χ4n) is 2.67. The highest BCUT2D eigenvalue weighted by Gasteiger charge is 2.30. The van der Waals surface area contributed by atoms with Crippen LogP contribution in [0.3, 0.4) is 0 Å². The molecule has 0 aliphatic carbocycles. The second kappa shape index (κ2) is 5.23. The lowest BCUT2D eigenvalue weighted by Crippen LogP contribution is -2.38. The molecule has 2 aromatic rings. The van der Waals surface area contributed by atoms with Crippen molar-refractivity contribution in [3.63, 3.8) is 0 Å². The van der Waals surface area contributed by atoms with Crippen molar-refractivity contribution in [3.05, 3.63) is 65.0 Å². The van der Waals surface area contributed by atoms with Gasteiger partial charge in [0.05, 0.1) is 6.04 Å². The normalized spacial score (nSPS) is 18.4. The Bertz CT molecular complexity index is 605. The average Bonchev–Trinajstić information content (AvgIpc) is 2.87. The van der Waals surface area contributed by atoms with Gasteiger partial charge in [-0.15, -0.1) is 0 Å². The van der Waals surface area contributed by atoms with Gasteiger partial charge in [0.2, 0.25) is 0 Å². The summed E-state index contributed by atoms with van der Waals surface area (Å²) in [5.41, 5.74) is 5.52. The molecular weight excluding hydrogens is 255 g/mol. The van der Waals surface area contributed by atoms with Gasteiger partial charge in [-0.3, -0.25) is 5.84 Å². The quantitative estimate of drug-likeness (QED) is 0.667. The first-order valence-corrected chi connectivity index (χ1v) is 6.66. The van der Waals surface area contributed by atoms with Crippen molar-refractivity contribution in [1.29, 1.82) is 0 Å². The van der Waals surface area contributed by atoms with Crippen LogP contribution in [-0.2, 0) is 6.42 Å². The van der Waals surface area contributed by atoms with Gasteiger partial charge in [-0.05, 0) is 35.7 Å². The summed E-state index contributed by atoms with van der Waals surface area (Å²) in [6.07, 6.45) is 0.712. The van der Waals surface area contributed by atoms with Crippen LogP contribution in [-0.4, -0.2) is 6.10 Å². The molecule has 0 bridgehead atoms. The average molecular weight is 272 g/mol. The molecule has 0 spiro atoms. The maximum atomic E-state index is 13.4. The molecule has 0 aromatic heterocycles. The first-order chi connectivity index (χ1) is 9.69. The summed E-state index contributed by atoms with van der Waals surface area (Å²) in [5.74, 6) is 6.38. The number of hydrazine groups is 1. The van der Waals surface area contributed by atoms with Crippen LogP contribution in [0.15, 0.2) is 42.5 Å². The van der Waals surface area contributed by atoms with Gasteiger partial charge in [-0.25, -0.2) is 9.82 Å². The molecule has 4 heteroatoms. The molecule has 2 aromatic carbocycles. The highest BCUT2D eigenvalue weighted by molar-refractivity contribution is 5.39. The maximum absolute atomic E-state index is 13.4. The van der Waals surface area contributed by atoms with Crippen molar-refractivity contribution in [2.45, 2.75) is 25.5 Å². The molecule has 1 heterocycles. The van der Waals surface area contributed by atoms with Crippen molar-refractivity contribution in [2.75, 3.05) is 0 Å². The molecule has 0 saturated heterocycles. The van der Waals surface area contributed by atoms with Gasteiger partial charge in [0.15, 0.2) is 0 Å². The van der Waals surface area contributed by atoms with E-state index in [1.807, 2.05) is 24.3 Å². The van der Waals surface area contributed by atoms with Gasteiger partial charge in [0.25, 0.3) is 0 Å². The van der Waals surface area contributed by atoms with E-state index in [0.717, 1.165) is 17.7 Å². The Balaban J connectivity index is 1.87. The number of hydrogen-bond acceptors (Lipinski definition) is 3. The van der Waals surface area contributed by atoms with Gasteiger partial charge in [-0.2, -0.15) is 0 Å². The van der Waals surface area contributed by atoms with Crippen molar-refractivity contribution in [1.82, 2.24) is 5.43 Å². The van der Waals surface area contributed by atoms with E-state index in [1.165, 1.54) is 11.6 Å². The number of hydrogen-bond donors (Lipinski definition) is 2. The van der Waals surface area contributed by atoms with Gasteiger partial charge >= 0.3 is 0 Å². The van der Waals surface area contributed by atoms with E-state index in [1.54, 1.807) is 13.0 Å². The summed E-state index contributed by atoms with van der Waals surface area (Å²) < 4.78 is 19.3. The Hall–Kier alpha value is -1.91. The van der Waals surface area contributed by atoms with Crippen LogP contribution in [0.25, 0.3) is 0 Å². The summed E-state index contributed by atoms with van der Waals surface area (Å²) in [7, 11) is 0. The second-order valence-electron chi connectivity index (χ2n) is 5.12. The van der Waals surface area contributed by atoms with E-state index in [9.17, 15) is 4.39 Å². The van der Waals surface area contributed by atoms with E-state index in [-0.39, 0.29) is 18.0 Å². The molecule has 104 valence electrons. The standard InChI is InChI=1S/C16H17FN2O/c1-10-8-12(6-7-13(10)17)16(19-18)15-9-11-4-2-3-5-14(11)20-15/h2-8,15-16,19H,9,18H2,1H3. The first-order valence-electron chi connectivity index (χ1n) is 6.66. The fourth-order valence-corrected chi connectivity index (χ4v) is 2.67. The molecule has 0 saturated carbocycles. The molecule has 0 fully saturated rings. The third-order valence-corrected chi connectivity index (χ3v) is 3.76. The number of nitrogens with one attached hydrogen (secondary N) is 1.